The fraction of sp³-hybridized carbons (Fsp3) is 0. The van der Waals surface area contributed by atoms with E-state index in [0.29, 0.717) is 4.99 Å². The Morgan fingerprint density at radius 3 is 3.00 bits per heavy atom. The second-order valence-corrected chi connectivity index (χ2v) is 4.41. The summed E-state index contributed by atoms with van der Waals surface area (Å²) in [6.45, 7) is 0. The Kier molecular flexibility index (Phi) is 2.23. The maximum atomic E-state index is 5.33. The largest absolute Gasteiger partial charge is 0.242 e. The smallest absolute Gasteiger partial charge is 0.166 e. The molecule has 0 aliphatic rings. The third-order valence-electron chi connectivity index (χ3n) is 2.16. The second kappa shape index (κ2) is 3.73. The molecule has 4 nitrogen and oxygen atoms in total. The summed E-state index contributed by atoms with van der Waals surface area (Å²) in [6.07, 6.45) is 1.73. The molecule has 78 valence electrons. The van der Waals surface area contributed by atoms with Crippen LogP contribution in [0.15, 0.2) is 35.8 Å². The Hall–Kier alpha value is -1.66. The van der Waals surface area contributed by atoms with Gasteiger partial charge in [-0.25, -0.2) is 4.98 Å². The molecule has 6 heteroatoms. The third-order valence-corrected chi connectivity index (χ3v) is 3.43. The highest BCUT2D eigenvalue weighted by molar-refractivity contribution is 7.81. The van der Waals surface area contributed by atoms with E-state index in [0.717, 1.165) is 16.0 Å². The highest BCUT2D eigenvalue weighted by atomic mass is 32.1. The molecule has 0 fully saturated rings. The minimum absolute atomic E-state index is 0.587. The van der Waals surface area contributed by atoms with Crippen LogP contribution in [-0.4, -0.2) is 25.0 Å². The first-order chi connectivity index (χ1) is 7.86. The summed E-state index contributed by atoms with van der Waals surface area (Å²) in [5, 5.41) is 10.8. The zero-order valence-corrected chi connectivity index (χ0v) is 9.70. The molecular formula is C10H6N4S2. The summed E-state index contributed by atoms with van der Waals surface area (Å²) in [4.78, 5) is 4.75. The molecule has 3 aromatic rings. The number of nitrogens with zero attached hydrogens (tertiary/aromatic N) is 4. The fourth-order valence-electron chi connectivity index (χ4n) is 1.44. The minimum Gasteiger partial charge on any atom is -0.242 e. The lowest BCUT2D eigenvalue weighted by Gasteiger charge is -1.99. The summed E-state index contributed by atoms with van der Waals surface area (Å²) in [5.74, 6) is 0. The lowest BCUT2D eigenvalue weighted by atomic mass is 10.3. The molecule has 0 N–H and O–H groups in total. The Bertz CT molecular complexity index is 642. The van der Waals surface area contributed by atoms with Crippen LogP contribution in [-0.2, 0) is 0 Å². The van der Waals surface area contributed by atoms with E-state index >= 15 is 0 Å². The van der Waals surface area contributed by atoms with Gasteiger partial charge in [0, 0.05) is 11.6 Å². The lowest BCUT2D eigenvalue weighted by molar-refractivity contribution is 0.871. The molecule has 2 heterocycles. The van der Waals surface area contributed by atoms with E-state index in [2.05, 4.69) is 15.3 Å². The molecular weight excluding hydrogens is 240 g/mol. The first-order valence-corrected chi connectivity index (χ1v) is 5.90. The fourth-order valence-corrected chi connectivity index (χ4v) is 2.33. The highest BCUT2D eigenvalue weighted by Gasteiger charge is 2.11. The standard InChI is InChI=1S/C10H6N4S2/c15-10(9-11-5-6-16-9)14-8-4-2-1-3-7(8)12-13-14/h1-6H. The molecule has 0 bridgehead atoms. The van der Waals surface area contributed by atoms with Gasteiger partial charge in [0.2, 0.25) is 0 Å². The first-order valence-electron chi connectivity index (χ1n) is 4.61. The highest BCUT2D eigenvalue weighted by Crippen LogP contribution is 2.14. The van der Waals surface area contributed by atoms with E-state index in [1.807, 2.05) is 29.6 Å². The van der Waals surface area contributed by atoms with Crippen LogP contribution in [0.4, 0.5) is 0 Å². The van der Waals surface area contributed by atoms with E-state index < -0.39 is 0 Å². The Balaban J connectivity index is 2.16. The topological polar surface area (TPSA) is 43.6 Å². The monoisotopic (exact) mass is 246 g/mol. The molecule has 2 aromatic heterocycles. The van der Waals surface area contributed by atoms with Crippen molar-refractivity contribution in [1.82, 2.24) is 20.0 Å². The molecule has 0 saturated carbocycles. The van der Waals surface area contributed by atoms with Crippen molar-refractivity contribution in [3.05, 3.63) is 40.8 Å². The number of fused-ring (bicyclic) bond motifs is 1. The SMILES string of the molecule is S=C(c1nccs1)n1nnc2ccccc21. The van der Waals surface area contributed by atoms with Crippen LogP contribution >= 0.6 is 23.6 Å². The average Bonchev–Trinajstić information content (AvgIpc) is 2.98. The molecule has 16 heavy (non-hydrogen) atoms. The predicted octanol–water partition coefficient (Wildman–Crippen LogP) is 2.11. The van der Waals surface area contributed by atoms with E-state index in [-0.39, 0.29) is 0 Å². The number of benzene rings is 1. The maximum absolute atomic E-state index is 5.33. The number of aromatic nitrogens is 4. The van der Waals surface area contributed by atoms with Crippen molar-refractivity contribution in [2.45, 2.75) is 0 Å². The summed E-state index contributed by atoms with van der Waals surface area (Å²) in [5.41, 5.74) is 1.74. The molecule has 0 aliphatic carbocycles. The summed E-state index contributed by atoms with van der Waals surface area (Å²) < 4.78 is 1.64. The van der Waals surface area contributed by atoms with Crippen LogP contribution in [0.2, 0.25) is 0 Å². The molecule has 0 spiro atoms. The van der Waals surface area contributed by atoms with Crippen LogP contribution < -0.4 is 0 Å². The molecule has 0 radical (unpaired) electrons. The summed E-state index contributed by atoms with van der Waals surface area (Å²) in [6, 6.07) is 7.71. The second-order valence-electron chi connectivity index (χ2n) is 3.13. The molecule has 0 amide bonds. The van der Waals surface area contributed by atoms with Crippen molar-refractivity contribution in [2.24, 2.45) is 0 Å². The number of thiocarbonyl (C=S) groups is 1. The Labute approximate surface area is 101 Å². The van der Waals surface area contributed by atoms with E-state index in [1.165, 1.54) is 11.3 Å². The summed E-state index contributed by atoms with van der Waals surface area (Å²) >= 11 is 6.83. The molecule has 0 atom stereocenters. The quantitative estimate of drug-likeness (QED) is 0.617. The van der Waals surface area contributed by atoms with Crippen LogP contribution in [0, 0.1) is 0 Å². The van der Waals surface area contributed by atoms with Gasteiger partial charge in [-0.1, -0.05) is 29.6 Å². The van der Waals surface area contributed by atoms with Gasteiger partial charge in [-0.05, 0) is 12.1 Å². The Morgan fingerprint density at radius 2 is 2.19 bits per heavy atom. The van der Waals surface area contributed by atoms with E-state index in [1.54, 1.807) is 10.9 Å². The van der Waals surface area contributed by atoms with Crippen molar-refractivity contribution < 1.29 is 0 Å². The molecule has 0 aliphatic heterocycles. The van der Waals surface area contributed by atoms with Gasteiger partial charge < -0.3 is 0 Å². The van der Waals surface area contributed by atoms with Gasteiger partial charge in [0.25, 0.3) is 0 Å². The normalized spacial score (nSPS) is 10.8. The first kappa shape index (κ1) is 9.56. The zero-order chi connectivity index (χ0) is 11.0. The van der Waals surface area contributed by atoms with Crippen molar-refractivity contribution in [1.29, 1.82) is 0 Å². The van der Waals surface area contributed by atoms with E-state index in [9.17, 15) is 0 Å². The van der Waals surface area contributed by atoms with Gasteiger partial charge in [0.1, 0.15) is 5.52 Å². The number of thiazole rings is 1. The van der Waals surface area contributed by atoms with Gasteiger partial charge in [-0.2, -0.15) is 4.68 Å². The minimum atomic E-state index is 0.587. The molecule has 3 rings (SSSR count). The van der Waals surface area contributed by atoms with Crippen molar-refractivity contribution in [3.8, 4) is 0 Å². The number of hydrogen-bond acceptors (Lipinski definition) is 5. The number of hydrogen-bond donors (Lipinski definition) is 0. The van der Waals surface area contributed by atoms with Gasteiger partial charge in [-0.15, -0.1) is 16.4 Å². The van der Waals surface area contributed by atoms with Gasteiger partial charge >= 0.3 is 0 Å². The van der Waals surface area contributed by atoms with Gasteiger partial charge in [0.15, 0.2) is 10.00 Å². The van der Waals surface area contributed by atoms with Crippen molar-refractivity contribution >= 4 is 39.6 Å². The van der Waals surface area contributed by atoms with Crippen LogP contribution in [0.3, 0.4) is 0 Å². The van der Waals surface area contributed by atoms with Gasteiger partial charge in [-0.3, -0.25) is 0 Å². The predicted molar refractivity (Wildman–Crippen MR) is 66.7 cm³/mol. The number of para-hydroxylation sites is 1. The zero-order valence-electron chi connectivity index (χ0n) is 8.07. The van der Waals surface area contributed by atoms with Crippen molar-refractivity contribution in [3.63, 3.8) is 0 Å². The summed E-state index contributed by atoms with van der Waals surface area (Å²) in [7, 11) is 0. The van der Waals surface area contributed by atoms with Gasteiger partial charge in [0.05, 0.1) is 5.52 Å². The van der Waals surface area contributed by atoms with Crippen LogP contribution in [0.25, 0.3) is 11.0 Å². The Morgan fingerprint density at radius 1 is 1.31 bits per heavy atom. The maximum Gasteiger partial charge on any atom is 0.166 e. The third kappa shape index (κ3) is 1.43. The number of rotatable bonds is 1. The molecule has 0 saturated heterocycles. The van der Waals surface area contributed by atoms with Crippen molar-refractivity contribution in [2.75, 3.05) is 0 Å². The molecule has 1 aromatic carbocycles. The van der Waals surface area contributed by atoms with Crippen LogP contribution in [0.1, 0.15) is 5.01 Å². The van der Waals surface area contributed by atoms with Crippen LogP contribution in [0.5, 0.6) is 0 Å². The van der Waals surface area contributed by atoms with E-state index in [4.69, 9.17) is 12.2 Å². The average molecular weight is 246 g/mol. The molecule has 0 unspecified atom stereocenters. The lowest BCUT2D eigenvalue weighted by Crippen LogP contribution is -2.11.